The van der Waals surface area contributed by atoms with Gasteiger partial charge in [-0.2, -0.15) is 10.2 Å². The molecule has 1 aliphatic rings. The average Bonchev–Trinajstić information content (AvgIpc) is 3.22. The number of hydrogen-bond donors (Lipinski definition) is 1. The summed E-state index contributed by atoms with van der Waals surface area (Å²) in [5, 5.41) is 11.2. The van der Waals surface area contributed by atoms with Crippen LogP contribution in [0.2, 0.25) is 0 Å². The summed E-state index contributed by atoms with van der Waals surface area (Å²) in [5.74, 6) is -0.395. The fourth-order valence-electron chi connectivity index (χ4n) is 3.31. The smallest absolute Gasteiger partial charge is 0.274 e. The van der Waals surface area contributed by atoms with Crippen molar-refractivity contribution in [2.24, 2.45) is 7.05 Å². The van der Waals surface area contributed by atoms with Crippen molar-refractivity contribution in [3.8, 4) is 0 Å². The largest absolute Gasteiger partial charge is 0.337 e. The minimum Gasteiger partial charge on any atom is -0.337 e. The topological polar surface area (TPSA) is 85.0 Å². The van der Waals surface area contributed by atoms with Crippen molar-refractivity contribution in [3.05, 3.63) is 35.4 Å². The lowest BCUT2D eigenvalue weighted by Gasteiger charge is -2.26. The van der Waals surface area contributed by atoms with Crippen LogP contribution in [0.5, 0.6) is 0 Å². The van der Waals surface area contributed by atoms with Gasteiger partial charge in [0.2, 0.25) is 5.91 Å². The van der Waals surface area contributed by atoms with Crippen LogP contribution in [0.3, 0.4) is 0 Å². The van der Waals surface area contributed by atoms with E-state index in [0.29, 0.717) is 11.4 Å². The van der Waals surface area contributed by atoms with Gasteiger partial charge in [-0.05, 0) is 39.2 Å². The lowest BCUT2D eigenvalue weighted by molar-refractivity contribution is -0.111. The minimum absolute atomic E-state index is 0.0888. The molecule has 0 bridgehead atoms. The highest BCUT2D eigenvalue weighted by molar-refractivity contribution is 6.06. The monoisotopic (exact) mass is 370 g/mol. The average molecular weight is 370 g/mol. The minimum atomic E-state index is -0.306. The highest BCUT2D eigenvalue weighted by atomic mass is 16.2. The number of nitrogens with zero attached hydrogens (tertiary/aromatic N) is 5. The van der Waals surface area contributed by atoms with Crippen LogP contribution in [0.25, 0.3) is 6.08 Å². The summed E-state index contributed by atoms with van der Waals surface area (Å²) in [6, 6.07) is 0. The van der Waals surface area contributed by atoms with Crippen LogP contribution in [-0.4, -0.2) is 49.4 Å². The SMILES string of the molecule is CCn1ncc(/C=C/C(=O)Nc2cnn(C)c2C(=O)N2CCCCC2)c1C. The Balaban J connectivity index is 1.72. The van der Waals surface area contributed by atoms with Crippen molar-refractivity contribution < 1.29 is 9.59 Å². The molecular weight excluding hydrogens is 344 g/mol. The Labute approximate surface area is 158 Å². The number of aromatic nitrogens is 4. The van der Waals surface area contributed by atoms with Crippen LogP contribution in [-0.2, 0) is 18.4 Å². The van der Waals surface area contributed by atoms with E-state index < -0.39 is 0 Å². The summed E-state index contributed by atoms with van der Waals surface area (Å²) in [6.45, 7) is 6.26. The molecule has 0 spiro atoms. The maximum Gasteiger partial charge on any atom is 0.274 e. The first-order valence-corrected chi connectivity index (χ1v) is 9.34. The Morgan fingerprint density at radius 3 is 2.59 bits per heavy atom. The fraction of sp³-hybridized carbons (Fsp3) is 0.474. The van der Waals surface area contributed by atoms with Gasteiger partial charge in [-0.3, -0.25) is 19.0 Å². The first-order chi connectivity index (χ1) is 13.0. The molecule has 27 heavy (non-hydrogen) atoms. The molecule has 8 nitrogen and oxygen atoms in total. The molecule has 0 radical (unpaired) electrons. The van der Waals surface area contributed by atoms with Crippen LogP contribution < -0.4 is 5.32 Å². The maximum atomic E-state index is 12.8. The zero-order valence-corrected chi connectivity index (χ0v) is 16.1. The molecule has 1 aliphatic heterocycles. The molecule has 2 aromatic rings. The number of anilines is 1. The Morgan fingerprint density at radius 1 is 1.19 bits per heavy atom. The van der Waals surface area contributed by atoms with E-state index in [4.69, 9.17) is 0 Å². The lowest BCUT2D eigenvalue weighted by Crippen LogP contribution is -2.37. The van der Waals surface area contributed by atoms with E-state index in [1.165, 1.54) is 17.0 Å². The van der Waals surface area contributed by atoms with E-state index >= 15 is 0 Å². The van der Waals surface area contributed by atoms with Gasteiger partial charge >= 0.3 is 0 Å². The molecule has 0 unspecified atom stereocenters. The van der Waals surface area contributed by atoms with Crippen molar-refractivity contribution in [2.45, 2.75) is 39.7 Å². The van der Waals surface area contributed by atoms with Gasteiger partial charge in [-0.15, -0.1) is 0 Å². The summed E-state index contributed by atoms with van der Waals surface area (Å²) < 4.78 is 3.39. The molecule has 2 amide bonds. The molecule has 8 heteroatoms. The van der Waals surface area contributed by atoms with Crippen LogP contribution in [0.1, 0.15) is 47.9 Å². The van der Waals surface area contributed by atoms with Gasteiger partial charge in [0.05, 0.1) is 18.1 Å². The number of nitrogens with one attached hydrogen (secondary N) is 1. The molecule has 1 N–H and O–H groups in total. The summed E-state index contributed by atoms with van der Waals surface area (Å²) in [7, 11) is 1.71. The number of hydrogen-bond acceptors (Lipinski definition) is 4. The molecule has 2 aromatic heterocycles. The normalized spacial score (nSPS) is 14.7. The highest BCUT2D eigenvalue weighted by Crippen LogP contribution is 2.19. The van der Waals surface area contributed by atoms with Crippen molar-refractivity contribution in [2.75, 3.05) is 18.4 Å². The van der Waals surface area contributed by atoms with Crippen LogP contribution in [0.4, 0.5) is 5.69 Å². The van der Waals surface area contributed by atoms with Crippen molar-refractivity contribution in [3.63, 3.8) is 0 Å². The van der Waals surface area contributed by atoms with Crippen LogP contribution in [0, 0.1) is 6.92 Å². The van der Waals surface area contributed by atoms with Crippen molar-refractivity contribution in [1.29, 1.82) is 0 Å². The van der Waals surface area contributed by atoms with Gasteiger partial charge in [0.15, 0.2) is 0 Å². The summed E-state index contributed by atoms with van der Waals surface area (Å²) in [6.07, 6.45) is 9.61. The Hall–Kier alpha value is -2.90. The summed E-state index contributed by atoms with van der Waals surface area (Å²) in [5.41, 5.74) is 2.74. The molecule has 1 saturated heterocycles. The summed E-state index contributed by atoms with van der Waals surface area (Å²) in [4.78, 5) is 27.0. The number of piperidine rings is 1. The second kappa shape index (κ2) is 8.20. The predicted molar refractivity (Wildman–Crippen MR) is 103 cm³/mol. The third kappa shape index (κ3) is 4.10. The number of aryl methyl sites for hydroxylation is 2. The Kier molecular flexibility index (Phi) is 5.73. The fourth-order valence-corrected chi connectivity index (χ4v) is 3.31. The number of carbonyl (C=O) groups is 2. The van der Waals surface area contributed by atoms with E-state index in [1.807, 2.05) is 23.4 Å². The maximum absolute atomic E-state index is 12.8. The second-order valence-corrected chi connectivity index (χ2v) is 6.71. The predicted octanol–water partition coefficient (Wildman–Crippen LogP) is 2.22. The van der Waals surface area contributed by atoms with Gasteiger partial charge in [0.25, 0.3) is 5.91 Å². The quantitative estimate of drug-likeness (QED) is 0.818. The highest BCUT2D eigenvalue weighted by Gasteiger charge is 2.24. The Bertz CT molecular complexity index is 858. The van der Waals surface area contributed by atoms with Gasteiger partial charge in [-0.25, -0.2) is 0 Å². The molecule has 0 atom stereocenters. The summed E-state index contributed by atoms with van der Waals surface area (Å²) >= 11 is 0. The standard InChI is InChI=1S/C19H26N6O2/c1-4-25-14(2)15(12-21-25)8-9-17(26)22-16-13-20-23(3)18(16)19(27)24-10-6-5-7-11-24/h8-9,12-13H,4-7,10-11H2,1-3H3,(H,22,26)/b9-8+. The molecule has 144 valence electrons. The molecule has 0 aliphatic carbocycles. The Morgan fingerprint density at radius 2 is 1.93 bits per heavy atom. The zero-order chi connectivity index (χ0) is 19.4. The third-order valence-electron chi connectivity index (χ3n) is 4.90. The number of amides is 2. The van der Waals surface area contributed by atoms with Crippen molar-refractivity contribution in [1.82, 2.24) is 24.5 Å². The number of rotatable bonds is 5. The van der Waals surface area contributed by atoms with Gasteiger partial charge in [0.1, 0.15) is 5.69 Å². The first-order valence-electron chi connectivity index (χ1n) is 9.34. The molecule has 1 fully saturated rings. The zero-order valence-electron chi connectivity index (χ0n) is 16.1. The van der Waals surface area contributed by atoms with Gasteiger partial charge in [0, 0.05) is 44.0 Å². The van der Waals surface area contributed by atoms with E-state index in [2.05, 4.69) is 15.5 Å². The van der Waals surface area contributed by atoms with Gasteiger partial charge < -0.3 is 10.2 Å². The number of likely N-dealkylation sites (tertiary alicyclic amines) is 1. The first kappa shape index (κ1) is 18.9. The van der Waals surface area contributed by atoms with Crippen LogP contribution in [0.15, 0.2) is 18.5 Å². The van der Waals surface area contributed by atoms with Gasteiger partial charge in [-0.1, -0.05) is 0 Å². The third-order valence-corrected chi connectivity index (χ3v) is 4.90. The van der Waals surface area contributed by atoms with Crippen molar-refractivity contribution >= 4 is 23.6 Å². The van der Waals surface area contributed by atoms with E-state index in [-0.39, 0.29) is 11.8 Å². The molecule has 3 rings (SSSR count). The lowest BCUT2D eigenvalue weighted by atomic mass is 10.1. The molecule has 0 saturated carbocycles. The molecule has 3 heterocycles. The van der Waals surface area contributed by atoms with E-state index in [0.717, 1.165) is 50.2 Å². The molecular formula is C19H26N6O2. The number of carbonyl (C=O) groups excluding carboxylic acids is 2. The second-order valence-electron chi connectivity index (χ2n) is 6.71. The van der Waals surface area contributed by atoms with Crippen LogP contribution >= 0.6 is 0 Å². The van der Waals surface area contributed by atoms with E-state index in [9.17, 15) is 9.59 Å². The van der Waals surface area contributed by atoms with E-state index in [1.54, 1.807) is 19.3 Å². The molecule has 0 aromatic carbocycles.